The second kappa shape index (κ2) is 8.87. The Labute approximate surface area is 173 Å². The molecule has 1 aliphatic heterocycles. The van der Waals surface area contributed by atoms with Gasteiger partial charge >= 0.3 is 5.97 Å². The van der Waals surface area contributed by atoms with Gasteiger partial charge in [0.1, 0.15) is 27.9 Å². The number of esters is 1. The van der Waals surface area contributed by atoms with Crippen LogP contribution < -0.4 is 4.74 Å². The summed E-state index contributed by atoms with van der Waals surface area (Å²) in [6.07, 6.45) is 1.68. The molecule has 2 aromatic rings. The van der Waals surface area contributed by atoms with Crippen molar-refractivity contribution in [3.05, 3.63) is 69.8 Å². The quantitative estimate of drug-likeness (QED) is 0.680. The van der Waals surface area contributed by atoms with Gasteiger partial charge in [0.25, 0.3) is 0 Å². The SMILES string of the molecule is CCOC(=O)C1=C(O)C(=Cc2ccc(O)cc2OC)SC1=Nc1ccc(C)cc1. The van der Waals surface area contributed by atoms with Gasteiger partial charge in [-0.3, -0.25) is 0 Å². The lowest BCUT2D eigenvalue weighted by atomic mass is 10.1. The first-order valence-electron chi connectivity index (χ1n) is 8.96. The van der Waals surface area contributed by atoms with Crippen LogP contribution in [0.25, 0.3) is 6.08 Å². The molecule has 7 heteroatoms. The van der Waals surface area contributed by atoms with Crippen molar-refractivity contribution in [3.63, 3.8) is 0 Å². The number of phenolic OH excluding ortho intramolecular Hbond substituents is 1. The summed E-state index contributed by atoms with van der Waals surface area (Å²) in [7, 11) is 1.49. The molecule has 0 fully saturated rings. The van der Waals surface area contributed by atoms with Crippen molar-refractivity contribution in [1.29, 1.82) is 0 Å². The minimum Gasteiger partial charge on any atom is -0.508 e. The number of methoxy groups -OCH3 is 1. The predicted molar refractivity (Wildman–Crippen MR) is 115 cm³/mol. The van der Waals surface area contributed by atoms with Crippen molar-refractivity contribution < 1.29 is 24.5 Å². The molecule has 0 unspecified atom stereocenters. The molecule has 0 bridgehead atoms. The van der Waals surface area contributed by atoms with E-state index in [1.54, 1.807) is 19.1 Å². The summed E-state index contributed by atoms with van der Waals surface area (Å²) in [5.41, 5.74) is 2.42. The third kappa shape index (κ3) is 4.63. The van der Waals surface area contributed by atoms with E-state index in [0.717, 1.165) is 5.56 Å². The molecule has 1 aliphatic rings. The van der Waals surface area contributed by atoms with Crippen LogP contribution in [0.3, 0.4) is 0 Å². The molecule has 6 nitrogen and oxygen atoms in total. The van der Waals surface area contributed by atoms with Crippen LogP contribution in [-0.2, 0) is 9.53 Å². The Hall–Kier alpha value is -3.19. The van der Waals surface area contributed by atoms with E-state index in [1.807, 2.05) is 31.2 Å². The Morgan fingerprint density at radius 2 is 1.90 bits per heavy atom. The second-order valence-electron chi connectivity index (χ2n) is 6.23. The van der Waals surface area contributed by atoms with Gasteiger partial charge < -0.3 is 19.7 Å². The molecule has 0 saturated carbocycles. The summed E-state index contributed by atoms with van der Waals surface area (Å²) in [6, 6.07) is 12.2. The van der Waals surface area contributed by atoms with E-state index >= 15 is 0 Å². The molecule has 150 valence electrons. The Balaban J connectivity index is 2.06. The van der Waals surface area contributed by atoms with E-state index in [9.17, 15) is 15.0 Å². The summed E-state index contributed by atoms with van der Waals surface area (Å²) in [4.78, 5) is 17.4. The highest BCUT2D eigenvalue weighted by Gasteiger charge is 2.33. The van der Waals surface area contributed by atoms with E-state index in [0.29, 0.717) is 26.9 Å². The van der Waals surface area contributed by atoms with E-state index in [-0.39, 0.29) is 23.7 Å². The van der Waals surface area contributed by atoms with E-state index in [1.165, 1.54) is 31.0 Å². The van der Waals surface area contributed by atoms with Crippen molar-refractivity contribution >= 4 is 34.5 Å². The molecule has 0 aromatic heterocycles. The van der Waals surface area contributed by atoms with Crippen molar-refractivity contribution in [2.75, 3.05) is 13.7 Å². The number of rotatable bonds is 5. The lowest BCUT2D eigenvalue weighted by Gasteiger charge is -2.06. The molecule has 1 heterocycles. The van der Waals surface area contributed by atoms with Crippen molar-refractivity contribution in [2.45, 2.75) is 13.8 Å². The first-order valence-corrected chi connectivity index (χ1v) is 9.77. The first kappa shape index (κ1) is 20.5. The van der Waals surface area contributed by atoms with Crippen molar-refractivity contribution in [1.82, 2.24) is 0 Å². The molecule has 0 aliphatic carbocycles. The number of aromatic hydroxyl groups is 1. The minimum absolute atomic E-state index is 0.0291. The molecule has 0 atom stereocenters. The molecule has 0 radical (unpaired) electrons. The zero-order chi connectivity index (χ0) is 21.0. The summed E-state index contributed by atoms with van der Waals surface area (Å²) >= 11 is 1.17. The molecule has 0 saturated heterocycles. The van der Waals surface area contributed by atoms with Gasteiger partial charge in [-0.25, -0.2) is 9.79 Å². The fourth-order valence-electron chi connectivity index (χ4n) is 2.69. The lowest BCUT2D eigenvalue weighted by molar-refractivity contribution is -0.138. The molecular formula is C22H21NO5S. The number of aliphatic hydroxyl groups excluding tert-OH is 1. The van der Waals surface area contributed by atoms with Crippen molar-refractivity contribution in [3.8, 4) is 11.5 Å². The number of aliphatic imine (C=N–C) groups is 1. The summed E-state index contributed by atoms with van der Waals surface area (Å²) in [5, 5.41) is 20.7. The smallest absolute Gasteiger partial charge is 0.344 e. The number of nitrogens with zero attached hydrogens (tertiary/aromatic N) is 1. The maximum absolute atomic E-state index is 12.5. The molecule has 0 spiro atoms. The normalized spacial score (nSPS) is 16.5. The Morgan fingerprint density at radius 1 is 1.17 bits per heavy atom. The topological polar surface area (TPSA) is 88.4 Å². The average Bonchev–Trinajstić information content (AvgIpc) is 3.00. The summed E-state index contributed by atoms with van der Waals surface area (Å²) < 4.78 is 10.4. The highest BCUT2D eigenvalue weighted by molar-refractivity contribution is 8.18. The van der Waals surface area contributed by atoms with Crippen LogP contribution in [0.5, 0.6) is 11.5 Å². The van der Waals surface area contributed by atoms with Crippen LogP contribution in [0, 0.1) is 6.92 Å². The number of aryl methyl sites for hydroxylation is 1. The van der Waals surface area contributed by atoms with Crippen LogP contribution in [0.1, 0.15) is 18.1 Å². The van der Waals surface area contributed by atoms with E-state index in [2.05, 4.69) is 4.99 Å². The molecular weight excluding hydrogens is 390 g/mol. The van der Waals surface area contributed by atoms with Crippen LogP contribution in [0.15, 0.2) is 63.7 Å². The number of ether oxygens (including phenoxy) is 2. The van der Waals surface area contributed by atoms with E-state index < -0.39 is 5.97 Å². The zero-order valence-electron chi connectivity index (χ0n) is 16.3. The molecule has 3 rings (SSSR count). The number of thioether (sulfide) groups is 1. The van der Waals surface area contributed by atoms with Crippen LogP contribution in [0.4, 0.5) is 5.69 Å². The molecule has 2 N–H and O–H groups in total. The molecule has 29 heavy (non-hydrogen) atoms. The fourth-order valence-corrected chi connectivity index (χ4v) is 3.71. The van der Waals surface area contributed by atoms with Crippen LogP contribution >= 0.6 is 11.8 Å². The first-order chi connectivity index (χ1) is 13.9. The van der Waals surface area contributed by atoms with Crippen LogP contribution in [0.2, 0.25) is 0 Å². The van der Waals surface area contributed by atoms with Gasteiger partial charge in [-0.15, -0.1) is 0 Å². The number of phenols is 1. The number of carbonyl (C=O) groups is 1. The monoisotopic (exact) mass is 411 g/mol. The third-order valence-corrected chi connectivity index (χ3v) is 5.16. The van der Waals surface area contributed by atoms with E-state index in [4.69, 9.17) is 9.47 Å². The van der Waals surface area contributed by atoms with Gasteiger partial charge in [0, 0.05) is 11.6 Å². The van der Waals surface area contributed by atoms with Gasteiger partial charge in [-0.2, -0.15) is 0 Å². The third-order valence-electron chi connectivity index (χ3n) is 4.14. The van der Waals surface area contributed by atoms with Gasteiger partial charge in [-0.05, 0) is 44.2 Å². The number of hydrogen-bond donors (Lipinski definition) is 2. The maximum atomic E-state index is 12.5. The Bertz CT molecular complexity index is 1020. The highest BCUT2D eigenvalue weighted by Crippen LogP contribution is 2.41. The summed E-state index contributed by atoms with van der Waals surface area (Å²) in [6.45, 7) is 3.86. The number of benzene rings is 2. The number of carbonyl (C=O) groups excluding carboxylic acids is 1. The highest BCUT2D eigenvalue weighted by atomic mass is 32.2. The predicted octanol–water partition coefficient (Wildman–Crippen LogP) is 4.90. The second-order valence-corrected chi connectivity index (χ2v) is 7.26. The fraction of sp³-hybridized carbons (Fsp3) is 0.182. The minimum atomic E-state index is -0.635. The standard InChI is InChI=1S/C22H21NO5S/c1-4-28-22(26)19-20(25)18(11-14-7-10-16(24)12-17(14)27-3)29-21(19)23-15-8-5-13(2)6-9-15/h5-12,24-25H,4H2,1-3H3. The summed E-state index contributed by atoms with van der Waals surface area (Å²) in [5.74, 6) is -0.331. The zero-order valence-corrected chi connectivity index (χ0v) is 17.1. The number of aliphatic hydroxyl groups is 1. The molecule has 0 amide bonds. The number of hydrogen-bond acceptors (Lipinski definition) is 7. The maximum Gasteiger partial charge on any atom is 0.344 e. The van der Waals surface area contributed by atoms with Crippen molar-refractivity contribution in [2.24, 2.45) is 4.99 Å². The molecule has 2 aromatic carbocycles. The Kier molecular flexibility index (Phi) is 6.29. The van der Waals surface area contributed by atoms with Gasteiger partial charge in [0.2, 0.25) is 0 Å². The van der Waals surface area contributed by atoms with Gasteiger partial charge in [-0.1, -0.05) is 29.5 Å². The lowest BCUT2D eigenvalue weighted by Crippen LogP contribution is -2.12. The Morgan fingerprint density at radius 3 is 2.55 bits per heavy atom. The van der Waals surface area contributed by atoms with Crippen LogP contribution in [-0.4, -0.2) is 34.9 Å². The van der Waals surface area contributed by atoms with Gasteiger partial charge in [0.15, 0.2) is 0 Å². The average molecular weight is 411 g/mol. The largest absolute Gasteiger partial charge is 0.508 e. The van der Waals surface area contributed by atoms with Gasteiger partial charge in [0.05, 0.1) is 24.3 Å².